The van der Waals surface area contributed by atoms with Crippen molar-refractivity contribution in [1.29, 1.82) is 0 Å². The average molecular weight is 257 g/mol. The van der Waals surface area contributed by atoms with Crippen molar-refractivity contribution in [2.75, 3.05) is 0 Å². The maximum atomic E-state index is 9.96. The van der Waals surface area contributed by atoms with Crippen LogP contribution in [0, 0.1) is 0 Å². The zero-order chi connectivity index (χ0) is 11.5. The summed E-state index contributed by atoms with van der Waals surface area (Å²) < 4.78 is 1.61. The lowest BCUT2D eigenvalue weighted by atomic mass is 10.1. The Labute approximate surface area is 103 Å². The lowest BCUT2D eigenvalue weighted by Crippen LogP contribution is -2.07. The second kappa shape index (κ2) is 4.87. The van der Waals surface area contributed by atoms with Gasteiger partial charge in [-0.3, -0.25) is 0 Å². The van der Waals surface area contributed by atoms with Crippen LogP contribution in [0.15, 0.2) is 36.7 Å². The predicted octanol–water partition coefficient (Wildman–Crippen LogP) is 2.92. The summed E-state index contributed by atoms with van der Waals surface area (Å²) in [6.45, 7) is 0.336. The molecule has 0 spiro atoms. The van der Waals surface area contributed by atoms with E-state index in [1.807, 2.05) is 30.3 Å². The number of hydrogen-bond donors (Lipinski definition) is 1. The topological polar surface area (TPSA) is 38.0 Å². The Morgan fingerprint density at radius 2 is 1.94 bits per heavy atom. The summed E-state index contributed by atoms with van der Waals surface area (Å²) >= 11 is 11.6. The van der Waals surface area contributed by atoms with Crippen LogP contribution in [0.25, 0.3) is 0 Å². The lowest BCUT2D eigenvalue weighted by molar-refractivity contribution is 0.156. The number of aliphatic hydroxyl groups is 1. The number of halogens is 2. The molecule has 1 aromatic carbocycles. The second-order valence-corrected chi connectivity index (χ2v) is 4.12. The molecule has 0 saturated heterocycles. The first-order chi connectivity index (χ1) is 7.68. The van der Waals surface area contributed by atoms with Gasteiger partial charge in [-0.25, -0.2) is 4.98 Å². The third-order valence-electron chi connectivity index (χ3n) is 2.29. The highest BCUT2D eigenvalue weighted by Crippen LogP contribution is 2.22. The Hall–Kier alpha value is -1.03. The summed E-state index contributed by atoms with van der Waals surface area (Å²) in [6.07, 6.45) is 0.889. The SMILES string of the molecule is O[C@H](Cn1cnc(Cl)c1Cl)c1ccccc1. The molecule has 0 saturated carbocycles. The average Bonchev–Trinajstić information content (AvgIpc) is 2.62. The van der Waals surface area contributed by atoms with Crippen molar-refractivity contribution in [2.24, 2.45) is 0 Å². The molecular formula is C11H10Cl2N2O. The van der Waals surface area contributed by atoms with Gasteiger partial charge in [-0.1, -0.05) is 53.5 Å². The molecular weight excluding hydrogens is 247 g/mol. The van der Waals surface area contributed by atoms with Crippen LogP contribution in [-0.2, 0) is 6.54 Å². The highest BCUT2D eigenvalue weighted by molar-refractivity contribution is 6.40. The van der Waals surface area contributed by atoms with Gasteiger partial charge in [0.2, 0.25) is 0 Å². The second-order valence-electron chi connectivity index (χ2n) is 3.41. The summed E-state index contributed by atoms with van der Waals surface area (Å²) in [5, 5.41) is 10.6. The van der Waals surface area contributed by atoms with Crippen molar-refractivity contribution in [3.63, 3.8) is 0 Å². The molecule has 0 aliphatic carbocycles. The Morgan fingerprint density at radius 1 is 1.25 bits per heavy atom. The molecule has 0 radical (unpaired) electrons. The van der Waals surface area contributed by atoms with Crippen molar-refractivity contribution in [3.8, 4) is 0 Å². The Morgan fingerprint density at radius 3 is 2.50 bits per heavy atom. The van der Waals surface area contributed by atoms with Crippen molar-refractivity contribution in [3.05, 3.63) is 52.5 Å². The maximum absolute atomic E-state index is 9.96. The molecule has 3 nitrogen and oxygen atoms in total. The van der Waals surface area contributed by atoms with Crippen molar-refractivity contribution in [2.45, 2.75) is 12.6 Å². The smallest absolute Gasteiger partial charge is 0.166 e. The quantitative estimate of drug-likeness (QED) is 0.917. The van der Waals surface area contributed by atoms with Gasteiger partial charge in [-0.05, 0) is 5.56 Å². The van der Waals surface area contributed by atoms with E-state index in [1.54, 1.807) is 4.57 Å². The van der Waals surface area contributed by atoms with E-state index in [-0.39, 0.29) is 5.15 Å². The molecule has 0 aliphatic heterocycles. The van der Waals surface area contributed by atoms with Gasteiger partial charge in [-0.15, -0.1) is 0 Å². The van der Waals surface area contributed by atoms with Gasteiger partial charge in [0.15, 0.2) is 5.15 Å². The third-order valence-corrected chi connectivity index (χ3v) is 3.06. The molecule has 2 rings (SSSR count). The fourth-order valence-electron chi connectivity index (χ4n) is 1.44. The first kappa shape index (κ1) is 11.5. The minimum Gasteiger partial charge on any atom is -0.387 e. The molecule has 1 aromatic heterocycles. The van der Waals surface area contributed by atoms with Crippen LogP contribution < -0.4 is 0 Å². The monoisotopic (exact) mass is 256 g/mol. The zero-order valence-corrected chi connectivity index (χ0v) is 9.86. The lowest BCUT2D eigenvalue weighted by Gasteiger charge is -2.12. The van der Waals surface area contributed by atoms with Gasteiger partial charge in [0, 0.05) is 0 Å². The molecule has 0 bridgehead atoms. The molecule has 0 unspecified atom stereocenters. The van der Waals surface area contributed by atoms with E-state index in [0.717, 1.165) is 5.56 Å². The van der Waals surface area contributed by atoms with Gasteiger partial charge in [0.05, 0.1) is 19.0 Å². The van der Waals surface area contributed by atoms with E-state index >= 15 is 0 Å². The van der Waals surface area contributed by atoms with Crippen LogP contribution in [0.1, 0.15) is 11.7 Å². The Kier molecular flexibility index (Phi) is 3.49. The van der Waals surface area contributed by atoms with E-state index < -0.39 is 6.10 Å². The van der Waals surface area contributed by atoms with Crippen LogP contribution in [0.3, 0.4) is 0 Å². The summed E-state index contributed by atoms with van der Waals surface area (Å²) in [7, 11) is 0. The molecule has 1 atom stereocenters. The van der Waals surface area contributed by atoms with E-state index in [1.165, 1.54) is 6.33 Å². The molecule has 1 heterocycles. The van der Waals surface area contributed by atoms with E-state index in [0.29, 0.717) is 11.7 Å². The fraction of sp³-hybridized carbons (Fsp3) is 0.182. The number of imidazole rings is 1. The fourth-order valence-corrected chi connectivity index (χ4v) is 1.75. The first-order valence-corrected chi connectivity index (χ1v) is 5.53. The number of nitrogens with zero attached hydrogens (tertiary/aromatic N) is 2. The maximum Gasteiger partial charge on any atom is 0.166 e. The number of rotatable bonds is 3. The van der Waals surface area contributed by atoms with Crippen LogP contribution in [0.5, 0.6) is 0 Å². The van der Waals surface area contributed by atoms with Crippen LogP contribution in [0.2, 0.25) is 10.3 Å². The summed E-state index contributed by atoms with van der Waals surface area (Å²) in [6, 6.07) is 9.37. The predicted molar refractivity (Wildman–Crippen MR) is 63.6 cm³/mol. The largest absolute Gasteiger partial charge is 0.387 e. The molecule has 0 aliphatic rings. The normalized spacial score (nSPS) is 12.7. The molecule has 84 valence electrons. The van der Waals surface area contributed by atoms with Gasteiger partial charge < -0.3 is 9.67 Å². The molecule has 16 heavy (non-hydrogen) atoms. The van der Waals surface area contributed by atoms with E-state index in [4.69, 9.17) is 23.2 Å². The molecule has 0 fully saturated rings. The Balaban J connectivity index is 2.14. The molecule has 0 amide bonds. The van der Waals surface area contributed by atoms with Crippen LogP contribution in [-0.4, -0.2) is 14.7 Å². The standard InChI is InChI=1S/C11H10Cl2N2O/c12-10-11(13)15(7-14-10)6-9(16)8-4-2-1-3-5-8/h1-5,7,9,16H,6H2/t9-/m1/s1. The van der Waals surface area contributed by atoms with Crippen molar-refractivity contribution >= 4 is 23.2 Å². The van der Waals surface area contributed by atoms with Crippen molar-refractivity contribution < 1.29 is 5.11 Å². The van der Waals surface area contributed by atoms with E-state index in [2.05, 4.69) is 4.98 Å². The first-order valence-electron chi connectivity index (χ1n) is 4.77. The zero-order valence-electron chi connectivity index (χ0n) is 8.35. The molecule has 1 N–H and O–H groups in total. The third kappa shape index (κ3) is 2.38. The minimum absolute atomic E-state index is 0.252. The van der Waals surface area contributed by atoms with Gasteiger partial charge >= 0.3 is 0 Å². The molecule has 2 aromatic rings. The number of aromatic nitrogens is 2. The van der Waals surface area contributed by atoms with Gasteiger partial charge in [0.25, 0.3) is 0 Å². The summed E-state index contributed by atoms with van der Waals surface area (Å²) in [5.41, 5.74) is 0.836. The van der Waals surface area contributed by atoms with E-state index in [9.17, 15) is 5.11 Å². The van der Waals surface area contributed by atoms with Gasteiger partial charge in [-0.2, -0.15) is 0 Å². The van der Waals surface area contributed by atoms with Crippen LogP contribution in [0.4, 0.5) is 0 Å². The Bertz CT molecular complexity index is 470. The van der Waals surface area contributed by atoms with Crippen LogP contribution >= 0.6 is 23.2 Å². The molecule has 5 heteroatoms. The van der Waals surface area contributed by atoms with Crippen molar-refractivity contribution in [1.82, 2.24) is 9.55 Å². The summed E-state index contributed by atoms with van der Waals surface area (Å²) in [4.78, 5) is 3.85. The highest BCUT2D eigenvalue weighted by atomic mass is 35.5. The summed E-state index contributed by atoms with van der Waals surface area (Å²) in [5.74, 6) is 0. The number of hydrogen-bond acceptors (Lipinski definition) is 2. The van der Waals surface area contributed by atoms with Gasteiger partial charge in [0.1, 0.15) is 5.15 Å². The number of aliphatic hydroxyl groups excluding tert-OH is 1. The number of benzene rings is 1. The highest BCUT2D eigenvalue weighted by Gasteiger charge is 2.12. The minimum atomic E-state index is -0.621.